The van der Waals surface area contributed by atoms with Gasteiger partial charge in [0.15, 0.2) is 0 Å². The molecule has 1 N–H and O–H groups in total. The Morgan fingerprint density at radius 1 is 1.54 bits per heavy atom. The second kappa shape index (κ2) is 5.89. The fourth-order valence-corrected chi connectivity index (χ4v) is 2.38. The van der Waals surface area contributed by atoms with Crippen LogP contribution in [0.15, 0.2) is 0 Å². The summed E-state index contributed by atoms with van der Waals surface area (Å²) in [6, 6.07) is 0. The van der Waals surface area contributed by atoms with Crippen molar-refractivity contribution in [2.75, 3.05) is 31.3 Å². The Morgan fingerprint density at radius 3 is 2.92 bits per heavy atom. The Morgan fingerprint density at radius 2 is 2.38 bits per heavy atom. The molecule has 0 bridgehead atoms. The Balaban J connectivity index is 2.16. The maximum Gasteiger partial charge on any atom is 0.0545 e. The number of hydrogen-bond donors (Lipinski definition) is 1. The second-order valence-corrected chi connectivity index (χ2v) is 5.16. The molecule has 0 aromatic heterocycles. The van der Waals surface area contributed by atoms with E-state index in [0.717, 1.165) is 26.1 Å². The van der Waals surface area contributed by atoms with Crippen molar-refractivity contribution in [2.24, 2.45) is 5.41 Å². The highest BCUT2D eigenvalue weighted by atomic mass is 32.2. The van der Waals surface area contributed by atoms with Crippen LogP contribution < -0.4 is 0 Å². The van der Waals surface area contributed by atoms with Gasteiger partial charge in [0.2, 0.25) is 0 Å². The quantitative estimate of drug-likeness (QED) is 0.670. The summed E-state index contributed by atoms with van der Waals surface area (Å²) in [5.74, 6) is 2.42. The lowest BCUT2D eigenvalue weighted by molar-refractivity contribution is 0.0862. The van der Waals surface area contributed by atoms with Gasteiger partial charge in [0, 0.05) is 12.0 Å². The molecule has 0 saturated carbocycles. The molecule has 0 aromatic carbocycles. The number of aliphatic hydroxyl groups excluding tert-OH is 1. The molecule has 0 spiro atoms. The molecule has 0 aliphatic carbocycles. The standard InChI is InChI=1S/C10H20O2S/c1-2-13-7-3-4-10(8-11)5-6-12-9-10/h11H,2-9H2,1H3. The first kappa shape index (κ1) is 11.3. The summed E-state index contributed by atoms with van der Waals surface area (Å²) in [7, 11) is 0. The van der Waals surface area contributed by atoms with Gasteiger partial charge in [0.05, 0.1) is 13.2 Å². The monoisotopic (exact) mass is 204 g/mol. The van der Waals surface area contributed by atoms with Crippen molar-refractivity contribution >= 4 is 11.8 Å². The average molecular weight is 204 g/mol. The van der Waals surface area contributed by atoms with Gasteiger partial charge in [-0.25, -0.2) is 0 Å². The summed E-state index contributed by atoms with van der Waals surface area (Å²) in [6.45, 7) is 4.08. The zero-order valence-corrected chi connectivity index (χ0v) is 9.24. The van der Waals surface area contributed by atoms with E-state index in [2.05, 4.69) is 6.92 Å². The summed E-state index contributed by atoms with van der Waals surface area (Å²) < 4.78 is 5.34. The van der Waals surface area contributed by atoms with E-state index < -0.39 is 0 Å². The Hall–Kier alpha value is 0.270. The fraction of sp³-hybridized carbons (Fsp3) is 1.00. The zero-order valence-electron chi connectivity index (χ0n) is 8.42. The number of ether oxygens (including phenoxy) is 1. The van der Waals surface area contributed by atoms with Crippen molar-refractivity contribution in [2.45, 2.75) is 26.2 Å². The molecule has 1 rings (SSSR count). The third-order valence-electron chi connectivity index (χ3n) is 2.72. The van der Waals surface area contributed by atoms with Gasteiger partial charge in [-0.15, -0.1) is 0 Å². The maximum absolute atomic E-state index is 9.29. The number of rotatable bonds is 6. The molecule has 1 heterocycles. The molecule has 0 radical (unpaired) electrons. The topological polar surface area (TPSA) is 29.5 Å². The molecule has 0 aromatic rings. The van der Waals surface area contributed by atoms with E-state index in [1.54, 1.807) is 0 Å². The minimum atomic E-state index is 0.105. The first-order valence-corrected chi connectivity index (χ1v) is 6.25. The van der Waals surface area contributed by atoms with Crippen molar-refractivity contribution in [1.29, 1.82) is 0 Å². The van der Waals surface area contributed by atoms with Crippen LogP contribution in [-0.4, -0.2) is 36.4 Å². The molecule has 1 unspecified atom stereocenters. The number of aliphatic hydroxyl groups is 1. The molecular weight excluding hydrogens is 184 g/mol. The van der Waals surface area contributed by atoms with Gasteiger partial charge in [0.1, 0.15) is 0 Å². The van der Waals surface area contributed by atoms with Gasteiger partial charge in [0.25, 0.3) is 0 Å². The largest absolute Gasteiger partial charge is 0.396 e. The van der Waals surface area contributed by atoms with Crippen molar-refractivity contribution in [3.8, 4) is 0 Å². The first-order chi connectivity index (χ1) is 6.33. The van der Waals surface area contributed by atoms with E-state index in [4.69, 9.17) is 4.74 Å². The van der Waals surface area contributed by atoms with Crippen LogP contribution in [0.1, 0.15) is 26.2 Å². The number of thioether (sulfide) groups is 1. The highest BCUT2D eigenvalue weighted by molar-refractivity contribution is 7.99. The summed E-state index contributed by atoms with van der Waals surface area (Å²) >= 11 is 1.98. The summed E-state index contributed by atoms with van der Waals surface area (Å²) in [5, 5.41) is 9.29. The van der Waals surface area contributed by atoms with Crippen molar-refractivity contribution in [3.05, 3.63) is 0 Å². The molecular formula is C10H20O2S. The molecule has 3 heteroatoms. The average Bonchev–Trinajstić information content (AvgIpc) is 2.62. The Labute approximate surface area is 85.0 Å². The van der Waals surface area contributed by atoms with Gasteiger partial charge in [-0.2, -0.15) is 11.8 Å². The van der Waals surface area contributed by atoms with Crippen molar-refractivity contribution in [1.82, 2.24) is 0 Å². The van der Waals surface area contributed by atoms with E-state index in [1.807, 2.05) is 11.8 Å². The van der Waals surface area contributed by atoms with Crippen LogP contribution in [0.4, 0.5) is 0 Å². The molecule has 78 valence electrons. The van der Waals surface area contributed by atoms with Gasteiger partial charge in [-0.05, 0) is 30.8 Å². The molecule has 1 atom stereocenters. The Kier molecular flexibility index (Phi) is 5.14. The smallest absolute Gasteiger partial charge is 0.0545 e. The Bertz CT molecular complexity index is 133. The lowest BCUT2D eigenvalue weighted by atomic mass is 9.84. The minimum absolute atomic E-state index is 0.105. The molecule has 1 aliphatic rings. The predicted octanol–water partition coefficient (Wildman–Crippen LogP) is 1.92. The van der Waals surface area contributed by atoms with E-state index in [1.165, 1.54) is 17.9 Å². The van der Waals surface area contributed by atoms with E-state index in [9.17, 15) is 5.11 Å². The van der Waals surface area contributed by atoms with Crippen LogP contribution in [0.2, 0.25) is 0 Å². The SMILES string of the molecule is CCSCCCC1(CO)CCOC1. The normalized spacial score (nSPS) is 28.2. The highest BCUT2D eigenvalue weighted by Crippen LogP contribution is 2.33. The predicted molar refractivity (Wildman–Crippen MR) is 57.2 cm³/mol. The van der Waals surface area contributed by atoms with E-state index >= 15 is 0 Å². The van der Waals surface area contributed by atoms with Crippen LogP contribution in [0.25, 0.3) is 0 Å². The first-order valence-electron chi connectivity index (χ1n) is 5.09. The van der Waals surface area contributed by atoms with Gasteiger partial charge in [-0.1, -0.05) is 6.92 Å². The minimum Gasteiger partial charge on any atom is -0.396 e. The lowest BCUT2D eigenvalue weighted by Gasteiger charge is -2.24. The molecule has 1 fully saturated rings. The third-order valence-corrected chi connectivity index (χ3v) is 3.71. The molecule has 2 nitrogen and oxygen atoms in total. The van der Waals surface area contributed by atoms with Crippen LogP contribution in [0.3, 0.4) is 0 Å². The highest BCUT2D eigenvalue weighted by Gasteiger charge is 2.33. The molecule has 1 aliphatic heterocycles. The number of hydrogen-bond acceptors (Lipinski definition) is 3. The lowest BCUT2D eigenvalue weighted by Crippen LogP contribution is -2.25. The van der Waals surface area contributed by atoms with E-state index in [-0.39, 0.29) is 5.41 Å². The molecule has 13 heavy (non-hydrogen) atoms. The van der Waals surface area contributed by atoms with Gasteiger partial charge < -0.3 is 9.84 Å². The van der Waals surface area contributed by atoms with Gasteiger partial charge >= 0.3 is 0 Å². The van der Waals surface area contributed by atoms with Crippen molar-refractivity contribution < 1.29 is 9.84 Å². The van der Waals surface area contributed by atoms with E-state index in [0.29, 0.717) is 6.61 Å². The molecule has 0 amide bonds. The van der Waals surface area contributed by atoms with Crippen LogP contribution >= 0.6 is 11.8 Å². The molecule has 1 saturated heterocycles. The van der Waals surface area contributed by atoms with Crippen molar-refractivity contribution in [3.63, 3.8) is 0 Å². The third kappa shape index (κ3) is 3.49. The summed E-state index contributed by atoms with van der Waals surface area (Å²) in [6.07, 6.45) is 3.37. The van der Waals surface area contributed by atoms with Gasteiger partial charge in [-0.3, -0.25) is 0 Å². The van der Waals surface area contributed by atoms with Crippen LogP contribution in [0, 0.1) is 5.41 Å². The van der Waals surface area contributed by atoms with Crippen LogP contribution in [-0.2, 0) is 4.74 Å². The fourth-order valence-electron chi connectivity index (χ4n) is 1.74. The summed E-state index contributed by atoms with van der Waals surface area (Å²) in [4.78, 5) is 0. The second-order valence-electron chi connectivity index (χ2n) is 3.76. The van der Waals surface area contributed by atoms with Crippen LogP contribution in [0.5, 0.6) is 0 Å². The summed E-state index contributed by atoms with van der Waals surface area (Å²) in [5.41, 5.74) is 0.105. The maximum atomic E-state index is 9.29. The zero-order chi connectivity index (χ0) is 9.57.